The van der Waals surface area contributed by atoms with Gasteiger partial charge in [0.15, 0.2) is 0 Å². The number of thiazole rings is 1. The van der Waals surface area contributed by atoms with Crippen LogP contribution in [0, 0.1) is 5.41 Å². The fraction of sp³-hybridized carbons (Fsp3) is 0.615. The van der Waals surface area contributed by atoms with Crippen LogP contribution in [0.5, 0.6) is 0 Å². The number of carboxylic acid groups (broad SMARTS) is 1. The number of rotatable bonds is 6. The lowest BCUT2D eigenvalue weighted by Crippen LogP contribution is -2.50. The average molecular weight is 297 g/mol. The van der Waals surface area contributed by atoms with Crippen molar-refractivity contribution in [1.29, 1.82) is 0 Å². The summed E-state index contributed by atoms with van der Waals surface area (Å²) < 4.78 is 0. The molecule has 2 amide bonds. The second-order valence-corrected chi connectivity index (χ2v) is 6.02. The highest BCUT2D eigenvalue weighted by molar-refractivity contribution is 7.09. The Bertz CT molecular complexity index is 471. The van der Waals surface area contributed by atoms with E-state index in [-0.39, 0.29) is 18.6 Å². The van der Waals surface area contributed by atoms with Gasteiger partial charge in [-0.2, -0.15) is 0 Å². The molecule has 1 aliphatic carbocycles. The Balaban J connectivity index is 1.84. The minimum absolute atomic E-state index is 0.128. The van der Waals surface area contributed by atoms with Crippen molar-refractivity contribution in [2.45, 2.75) is 38.6 Å². The SMILES string of the molecule is CCC(NC(=O)NCC1(C(=O)O)CCC1)c1nccs1. The van der Waals surface area contributed by atoms with Crippen LogP contribution in [-0.4, -0.2) is 28.6 Å². The summed E-state index contributed by atoms with van der Waals surface area (Å²) in [6.45, 7) is 2.15. The quantitative estimate of drug-likeness (QED) is 0.750. The lowest BCUT2D eigenvalue weighted by atomic mass is 9.69. The normalized spacial score (nSPS) is 17.9. The van der Waals surface area contributed by atoms with Gasteiger partial charge in [0.2, 0.25) is 0 Å². The first-order valence-corrected chi connectivity index (χ1v) is 7.62. The van der Waals surface area contributed by atoms with Crippen molar-refractivity contribution in [1.82, 2.24) is 15.6 Å². The van der Waals surface area contributed by atoms with Gasteiger partial charge in [0.25, 0.3) is 0 Å². The van der Waals surface area contributed by atoms with Gasteiger partial charge in [-0.25, -0.2) is 9.78 Å². The van der Waals surface area contributed by atoms with E-state index in [4.69, 9.17) is 0 Å². The maximum Gasteiger partial charge on any atom is 0.315 e. The molecule has 1 aromatic heterocycles. The van der Waals surface area contributed by atoms with Crippen molar-refractivity contribution >= 4 is 23.3 Å². The molecule has 6 nitrogen and oxygen atoms in total. The molecule has 2 rings (SSSR count). The second kappa shape index (κ2) is 6.21. The van der Waals surface area contributed by atoms with E-state index in [1.54, 1.807) is 6.20 Å². The molecule has 3 N–H and O–H groups in total. The van der Waals surface area contributed by atoms with Crippen molar-refractivity contribution in [2.75, 3.05) is 6.54 Å². The predicted octanol–water partition coefficient (Wildman–Crippen LogP) is 2.15. The van der Waals surface area contributed by atoms with E-state index < -0.39 is 11.4 Å². The lowest BCUT2D eigenvalue weighted by Gasteiger charge is -2.37. The molecule has 0 spiro atoms. The topological polar surface area (TPSA) is 91.3 Å². The van der Waals surface area contributed by atoms with Gasteiger partial charge in [-0.3, -0.25) is 4.79 Å². The van der Waals surface area contributed by atoms with Crippen LogP contribution in [0.25, 0.3) is 0 Å². The van der Waals surface area contributed by atoms with Crippen LogP contribution in [0.1, 0.15) is 43.7 Å². The first kappa shape index (κ1) is 14.8. The monoisotopic (exact) mass is 297 g/mol. The summed E-state index contributed by atoms with van der Waals surface area (Å²) in [7, 11) is 0. The number of hydrogen-bond donors (Lipinski definition) is 3. The van der Waals surface area contributed by atoms with E-state index >= 15 is 0 Å². The van der Waals surface area contributed by atoms with Crippen molar-refractivity contribution in [3.05, 3.63) is 16.6 Å². The average Bonchev–Trinajstić information content (AvgIpc) is 2.87. The van der Waals surface area contributed by atoms with Crippen LogP contribution in [-0.2, 0) is 4.79 Å². The zero-order chi connectivity index (χ0) is 14.6. The van der Waals surface area contributed by atoms with Gasteiger partial charge in [-0.1, -0.05) is 13.3 Å². The molecular weight excluding hydrogens is 278 g/mol. The first-order valence-electron chi connectivity index (χ1n) is 6.74. The van der Waals surface area contributed by atoms with Gasteiger partial charge >= 0.3 is 12.0 Å². The zero-order valence-electron chi connectivity index (χ0n) is 11.4. The molecule has 0 aliphatic heterocycles. The van der Waals surface area contributed by atoms with Gasteiger partial charge in [0.05, 0.1) is 11.5 Å². The number of amides is 2. The van der Waals surface area contributed by atoms with Crippen molar-refractivity contribution in [3.63, 3.8) is 0 Å². The number of nitrogens with zero attached hydrogens (tertiary/aromatic N) is 1. The minimum atomic E-state index is -0.823. The van der Waals surface area contributed by atoms with Crippen LogP contribution >= 0.6 is 11.3 Å². The van der Waals surface area contributed by atoms with E-state index in [1.165, 1.54) is 11.3 Å². The third kappa shape index (κ3) is 3.09. The van der Waals surface area contributed by atoms with E-state index in [0.29, 0.717) is 12.8 Å². The van der Waals surface area contributed by atoms with Gasteiger partial charge in [-0.05, 0) is 19.3 Å². The van der Waals surface area contributed by atoms with Gasteiger partial charge in [-0.15, -0.1) is 11.3 Å². The molecule has 1 atom stereocenters. The Labute approximate surface area is 121 Å². The largest absolute Gasteiger partial charge is 0.481 e. The van der Waals surface area contributed by atoms with Gasteiger partial charge in [0.1, 0.15) is 5.01 Å². The molecule has 0 saturated heterocycles. The number of urea groups is 1. The highest BCUT2D eigenvalue weighted by atomic mass is 32.1. The molecule has 7 heteroatoms. The summed E-state index contributed by atoms with van der Waals surface area (Å²) in [5, 5.41) is 17.4. The van der Waals surface area contributed by atoms with Gasteiger partial charge in [0, 0.05) is 18.1 Å². The summed E-state index contributed by atoms with van der Waals surface area (Å²) in [6.07, 6.45) is 4.62. The van der Waals surface area contributed by atoms with Crippen LogP contribution in [0.3, 0.4) is 0 Å². The Morgan fingerprint density at radius 3 is 2.75 bits per heavy atom. The zero-order valence-corrected chi connectivity index (χ0v) is 12.2. The lowest BCUT2D eigenvalue weighted by molar-refractivity contribution is -0.153. The van der Waals surface area contributed by atoms with Crippen molar-refractivity contribution < 1.29 is 14.7 Å². The molecule has 1 saturated carbocycles. The van der Waals surface area contributed by atoms with E-state index in [9.17, 15) is 14.7 Å². The summed E-state index contributed by atoms with van der Waals surface area (Å²) >= 11 is 1.49. The molecule has 1 heterocycles. The number of hydrogen-bond acceptors (Lipinski definition) is 4. The summed E-state index contributed by atoms with van der Waals surface area (Å²) in [5.41, 5.74) is -0.764. The van der Waals surface area contributed by atoms with E-state index in [0.717, 1.165) is 17.8 Å². The van der Waals surface area contributed by atoms with E-state index in [2.05, 4.69) is 15.6 Å². The highest BCUT2D eigenvalue weighted by Crippen LogP contribution is 2.40. The van der Waals surface area contributed by atoms with E-state index in [1.807, 2.05) is 12.3 Å². The third-order valence-corrected chi connectivity index (χ3v) is 4.70. The van der Waals surface area contributed by atoms with Crippen molar-refractivity contribution in [2.24, 2.45) is 5.41 Å². The summed E-state index contributed by atoms with van der Waals surface area (Å²) in [5.74, 6) is -0.823. The number of aromatic nitrogens is 1. The molecule has 0 aromatic carbocycles. The number of carboxylic acids is 1. The Morgan fingerprint density at radius 1 is 1.55 bits per heavy atom. The smallest absolute Gasteiger partial charge is 0.315 e. The second-order valence-electron chi connectivity index (χ2n) is 5.10. The number of nitrogens with one attached hydrogen (secondary N) is 2. The molecule has 1 fully saturated rings. The summed E-state index contributed by atoms with van der Waals surface area (Å²) in [4.78, 5) is 27.3. The van der Waals surface area contributed by atoms with Crippen LogP contribution in [0.2, 0.25) is 0 Å². The molecule has 0 radical (unpaired) electrons. The number of aliphatic carboxylic acids is 1. The Kier molecular flexibility index (Phi) is 4.59. The Hall–Kier alpha value is -1.63. The molecule has 0 bridgehead atoms. The molecule has 1 unspecified atom stereocenters. The van der Waals surface area contributed by atoms with Gasteiger partial charge < -0.3 is 15.7 Å². The van der Waals surface area contributed by atoms with Crippen molar-refractivity contribution in [3.8, 4) is 0 Å². The molecule has 1 aromatic rings. The maximum atomic E-state index is 11.9. The van der Waals surface area contributed by atoms with Crippen LogP contribution in [0.4, 0.5) is 4.79 Å². The molecular formula is C13H19N3O3S. The predicted molar refractivity (Wildman–Crippen MR) is 75.6 cm³/mol. The highest BCUT2D eigenvalue weighted by Gasteiger charge is 2.44. The molecule has 110 valence electrons. The minimum Gasteiger partial charge on any atom is -0.481 e. The maximum absolute atomic E-state index is 11.9. The van der Waals surface area contributed by atoms with Crippen LogP contribution in [0.15, 0.2) is 11.6 Å². The number of carbonyl (C=O) groups excluding carboxylic acids is 1. The molecule has 1 aliphatic rings. The Morgan fingerprint density at radius 2 is 2.30 bits per heavy atom. The fourth-order valence-electron chi connectivity index (χ4n) is 2.27. The number of carbonyl (C=O) groups is 2. The fourth-order valence-corrected chi connectivity index (χ4v) is 3.05. The standard InChI is InChI=1S/C13H19N3O3S/c1-2-9(10-14-6-7-20-10)16-12(19)15-8-13(11(17)18)4-3-5-13/h6-7,9H,2-5,8H2,1H3,(H,17,18)(H2,15,16,19). The summed E-state index contributed by atoms with van der Waals surface area (Å²) in [6, 6.07) is -0.461. The molecule has 20 heavy (non-hydrogen) atoms. The third-order valence-electron chi connectivity index (χ3n) is 3.81. The first-order chi connectivity index (χ1) is 9.57. The van der Waals surface area contributed by atoms with Crippen LogP contribution < -0.4 is 10.6 Å².